The first-order valence-corrected chi connectivity index (χ1v) is 6.20. The third-order valence-electron chi connectivity index (χ3n) is 3.09. The molecule has 0 spiro atoms. The van der Waals surface area contributed by atoms with Crippen molar-refractivity contribution in [2.75, 3.05) is 7.05 Å². The van der Waals surface area contributed by atoms with Crippen LogP contribution in [0.2, 0.25) is 0 Å². The standard InChI is InChI=1S/C12H22N4O2/c1-8(2)6-10(13-4)7-11-12(16(17)18)9(3)14-15(11)5/h8,10,13H,6-7H2,1-5H3. The zero-order chi connectivity index (χ0) is 13.9. The fourth-order valence-corrected chi connectivity index (χ4v) is 2.27. The van der Waals surface area contributed by atoms with Gasteiger partial charge in [0.1, 0.15) is 11.4 Å². The predicted octanol–water partition coefficient (Wildman–Crippen LogP) is 1.81. The zero-order valence-corrected chi connectivity index (χ0v) is 11.7. The minimum absolute atomic E-state index is 0.154. The number of aromatic nitrogens is 2. The third kappa shape index (κ3) is 3.29. The SMILES string of the molecule is CNC(Cc1c([N+](=O)[O-])c(C)nn1C)CC(C)C. The fraction of sp³-hybridized carbons (Fsp3) is 0.750. The van der Waals surface area contributed by atoms with Crippen LogP contribution in [0.1, 0.15) is 31.7 Å². The Morgan fingerprint density at radius 2 is 2.11 bits per heavy atom. The zero-order valence-electron chi connectivity index (χ0n) is 11.7. The molecule has 6 nitrogen and oxygen atoms in total. The molecule has 0 saturated heterocycles. The molecule has 0 aromatic carbocycles. The molecule has 0 amide bonds. The van der Waals surface area contributed by atoms with Crippen molar-refractivity contribution < 1.29 is 4.92 Å². The van der Waals surface area contributed by atoms with Crippen molar-refractivity contribution >= 4 is 5.69 Å². The Kier molecular flexibility index (Phi) is 4.84. The van der Waals surface area contributed by atoms with Crippen LogP contribution < -0.4 is 5.32 Å². The van der Waals surface area contributed by atoms with Crippen molar-refractivity contribution in [3.05, 3.63) is 21.5 Å². The van der Waals surface area contributed by atoms with Gasteiger partial charge in [-0.25, -0.2) is 0 Å². The molecule has 1 rings (SSSR count). The van der Waals surface area contributed by atoms with Gasteiger partial charge in [0.25, 0.3) is 0 Å². The van der Waals surface area contributed by atoms with Crippen molar-refractivity contribution in [1.29, 1.82) is 0 Å². The number of hydrogen-bond donors (Lipinski definition) is 1. The summed E-state index contributed by atoms with van der Waals surface area (Å²) in [5.41, 5.74) is 1.33. The van der Waals surface area contributed by atoms with Gasteiger partial charge in [0, 0.05) is 19.5 Å². The summed E-state index contributed by atoms with van der Waals surface area (Å²) in [7, 11) is 3.65. The maximum absolute atomic E-state index is 11.1. The molecule has 1 atom stereocenters. The van der Waals surface area contributed by atoms with E-state index in [1.165, 1.54) is 0 Å². The molecule has 0 aliphatic rings. The number of nitro groups is 1. The average Bonchev–Trinajstić information content (AvgIpc) is 2.52. The van der Waals surface area contributed by atoms with Crippen LogP contribution in [-0.2, 0) is 13.5 Å². The lowest BCUT2D eigenvalue weighted by atomic mass is 9.99. The lowest BCUT2D eigenvalue weighted by Gasteiger charge is -2.17. The second kappa shape index (κ2) is 5.95. The minimum atomic E-state index is -0.334. The van der Waals surface area contributed by atoms with E-state index in [0.29, 0.717) is 23.7 Å². The maximum Gasteiger partial charge on any atom is 0.313 e. The van der Waals surface area contributed by atoms with Gasteiger partial charge in [-0.15, -0.1) is 0 Å². The second-order valence-electron chi connectivity index (χ2n) is 5.08. The molecule has 0 fully saturated rings. The third-order valence-corrected chi connectivity index (χ3v) is 3.09. The summed E-state index contributed by atoms with van der Waals surface area (Å²) in [6.07, 6.45) is 1.61. The van der Waals surface area contributed by atoms with Gasteiger partial charge in [0.05, 0.1) is 4.92 Å². The molecule has 1 unspecified atom stereocenters. The van der Waals surface area contributed by atoms with Crippen molar-refractivity contribution in [3.8, 4) is 0 Å². The number of rotatable bonds is 6. The van der Waals surface area contributed by atoms with Crippen LogP contribution in [0.5, 0.6) is 0 Å². The van der Waals surface area contributed by atoms with Gasteiger partial charge in [0.2, 0.25) is 0 Å². The van der Waals surface area contributed by atoms with Gasteiger partial charge in [0.15, 0.2) is 0 Å². The predicted molar refractivity (Wildman–Crippen MR) is 70.6 cm³/mol. The molecule has 1 aromatic rings. The molecule has 6 heteroatoms. The Labute approximate surface area is 108 Å². The van der Waals surface area contributed by atoms with E-state index < -0.39 is 0 Å². The topological polar surface area (TPSA) is 73.0 Å². The van der Waals surface area contributed by atoms with Crippen molar-refractivity contribution in [1.82, 2.24) is 15.1 Å². The molecular weight excluding hydrogens is 232 g/mol. The van der Waals surface area contributed by atoms with Crippen molar-refractivity contribution in [2.45, 2.75) is 39.7 Å². The number of hydrogen-bond acceptors (Lipinski definition) is 4. The normalized spacial score (nSPS) is 13.0. The molecule has 0 saturated carbocycles. The summed E-state index contributed by atoms with van der Waals surface area (Å²) in [5.74, 6) is 0.552. The second-order valence-corrected chi connectivity index (χ2v) is 5.08. The van der Waals surface area contributed by atoms with E-state index in [1.807, 2.05) is 7.05 Å². The van der Waals surface area contributed by atoms with Gasteiger partial charge in [-0.3, -0.25) is 14.8 Å². The molecule has 0 aliphatic carbocycles. The first-order valence-electron chi connectivity index (χ1n) is 6.20. The van der Waals surface area contributed by atoms with Gasteiger partial charge < -0.3 is 5.32 Å². The first-order chi connectivity index (χ1) is 8.36. The monoisotopic (exact) mass is 254 g/mol. The molecule has 0 radical (unpaired) electrons. The van der Waals surface area contributed by atoms with Gasteiger partial charge in [-0.2, -0.15) is 5.10 Å². The van der Waals surface area contributed by atoms with Crippen molar-refractivity contribution in [2.24, 2.45) is 13.0 Å². The van der Waals surface area contributed by atoms with Crippen LogP contribution in [0.25, 0.3) is 0 Å². The Morgan fingerprint density at radius 1 is 1.50 bits per heavy atom. The maximum atomic E-state index is 11.1. The van der Waals surface area contributed by atoms with E-state index in [4.69, 9.17) is 0 Å². The van der Waals surface area contributed by atoms with E-state index in [9.17, 15) is 10.1 Å². The van der Waals surface area contributed by atoms with Crippen molar-refractivity contribution in [3.63, 3.8) is 0 Å². The Balaban J connectivity index is 2.98. The van der Waals surface area contributed by atoms with E-state index in [-0.39, 0.29) is 16.7 Å². The summed E-state index contributed by atoms with van der Waals surface area (Å²) < 4.78 is 1.62. The van der Waals surface area contributed by atoms with E-state index in [1.54, 1.807) is 18.7 Å². The fourth-order valence-electron chi connectivity index (χ4n) is 2.27. The highest BCUT2D eigenvalue weighted by Gasteiger charge is 2.25. The van der Waals surface area contributed by atoms with Crippen LogP contribution >= 0.6 is 0 Å². The molecule has 0 bridgehead atoms. The summed E-state index contributed by atoms with van der Waals surface area (Å²) in [4.78, 5) is 10.7. The van der Waals surface area contributed by atoms with E-state index in [0.717, 1.165) is 6.42 Å². The number of aryl methyl sites for hydroxylation is 2. The summed E-state index contributed by atoms with van der Waals surface area (Å²) in [6, 6.07) is 0.235. The highest BCUT2D eigenvalue weighted by molar-refractivity contribution is 5.40. The largest absolute Gasteiger partial charge is 0.317 e. The molecule has 102 valence electrons. The smallest absolute Gasteiger partial charge is 0.313 e. The van der Waals surface area contributed by atoms with E-state index in [2.05, 4.69) is 24.3 Å². The van der Waals surface area contributed by atoms with Gasteiger partial charge in [-0.05, 0) is 26.3 Å². The molecule has 0 aliphatic heterocycles. The Bertz CT molecular complexity index is 426. The lowest BCUT2D eigenvalue weighted by Crippen LogP contribution is -2.30. The minimum Gasteiger partial charge on any atom is -0.317 e. The summed E-state index contributed by atoms with van der Waals surface area (Å²) in [5, 5.41) is 18.4. The van der Waals surface area contributed by atoms with Gasteiger partial charge in [-0.1, -0.05) is 13.8 Å². The van der Waals surface area contributed by atoms with Crippen LogP contribution in [0.3, 0.4) is 0 Å². The molecular formula is C12H22N4O2. The molecule has 18 heavy (non-hydrogen) atoms. The summed E-state index contributed by atoms with van der Waals surface area (Å²) >= 11 is 0. The Morgan fingerprint density at radius 3 is 2.56 bits per heavy atom. The van der Waals surface area contributed by atoms with E-state index >= 15 is 0 Å². The number of likely N-dealkylation sites (N-methyl/N-ethyl adjacent to an activating group) is 1. The Hall–Kier alpha value is -1.43. The van der Waals surface area contributed by atoms with Crippen LogP contribution in [0.4, 0.5) is 5.69 Å². The lowest BCUT2D eigenvalue weighted by molar-refractivity contribution is -0.386. The molecule has 1 N–H and O–H groups in total. The number of nitrogens with one attached hydrogen (secondary N) is 1. The molecule has 1 heterocycles. The molecule has 1 aromatic heterocycles. The van der Waals surface area contributed by atoms with Crippen LogP contribution in [0.15, 0.2) is 0 Å². The first kappa shape index (κ1) is 14.6. The summed E-state index contributed by atoms with van der Waals surface area (Å²) in [6.45, 7) is 5.97. The highest BCUT2D eigenvalue weighted by atomic mass is 16.6. The van der Waals surface area contributed by atoms with Crippen LogP contribution in [0, 0.1) is 23.0 Å². The quantitative estimate of drug-likeness (QED) is 0.620. The average molecular weight is 254 g/mol. The van der Waals surface area contributed by atoms with Crippen LogP contribution in [-0.4, -0.2) is 27.8 Å². The van der Waals surface area contributed by atoms with Gasteiger partial charge >= 0.3 is 5.69 Å². The number of nitrogens with zero attached hydrogens (tertiary/aromatic N) is 3. The highest BCUT2D eigenvalue weighted by Crippen LogP contribution is 2.24.